The first-order valence-corrected chi connectivity index (χ1v) is 6.39. The first kappa shape index (κ1) is 14.9. The Hall–Kier alpha value is -2.54. The zero-order chi connectivity index (χ0) is 15.2. The average molecular weight is 292 g/mol. The first-order valence-electron chi connectivity index (χ1n) is 6.39. The van der Waals surface area contributed by atoms with Crippen molar-refractivity contribution in [2.24, 2.45) is 0 Å². The van der Waals surface area contributed by atoms with Crippen LogP contribution in [0.4, 0.5) is 0 Å². The van der Waals surface area contributed by atoms with E-state index in [1.54, 1.807) is 31.2 Å². The summed E-state index contributed by atoms with van der Waals surface area (Å²) in [5.74, 6) is -0.0873. The van der Waals surface area contributed by atoms with Crippen molar-refractivity contribution < 1.29 is 23.5 Å². The molecule has 0 radical (unpaired) electrons. The molecule has 0 bridgehead atoms. The van der Waals surface area contributed by atoms with Crippen molar-refractivity contribution in [1.82, 2.24) is 10.6 Å². The molecule has 2 heterocycles. The van der Waals surface area contributed by atoms with Crippen LogP contribution in [-0.4, -0.2) is 23.5 Å². The lowest BCUT2D eigenvalue weighted by atomic mass is 10.2. The monoisotopic (exact) mass is 292 g/mol. The van der Waals surface area contributed by atoms with Gasteiger partial charge in [-0.3, -0.25) is 9.59 Å². The van der Waals surface area contributed by atoms with Gasteiger partial charge in [-0.15, -0.1) is 0 Å². The molecule has 0 saturated heterocycles. The summed E-state index contributed by atoms with van der Waals surface area (Å²) in [6.07, 6.45) is 0.476. The topological polar surface area (TPSA) is 105 Å². The quantitative estimate of drug-likeness (QED) is 0.702. The van der Waals surface area contributed by atoms with Gasteiger partial charge in [0.15, 0.2) is 0 Å². The Balaban J connectivity index is 1.74. The summed E-state index contributed by atoms with van der Waals surface area (Å²) < 4.78 is 10.2. The molecule has 7 heteroatoms. The van der Waals surface area contributed by atoms with Crippen molar-refractivity contribution >= 4 is 11.8 Å². The molecule has 2 aromatic rings. The molecule has 0 spiro atoms. The molecular weight excluding hydrogens is 276 g/mol. The number of hydrogen-bond donors (Lipinski definition) is 3. The fourth-order valence-electron chi connectivity index (χ4n) is 1.66. The van der Waals surface area contributed by atoms with Gasteiger partial charge < -0.3 is 24.6 Å². The van der Waals surface area contributed by atoms with Crippen molar-refractivity contribution in [1.29, 1.82) is 0 Å². The van der Waals surface area contributed by atoms with Gasteiger partial charge in [-0.1, -0.05) is 0 Å². The third-order valence-electron chi connectivity index (χ3n) is 2.76. The Morgan fingerprint density at radius 3 is 2.62 bits per heavy atom. The second-order valence-corrected chi connectivity index (χ2v) is 4.44. The number of rotatable bonds is 5. The Morgan fingerprint density at radius 1 is 1.24 bits per heavy atom. The van der Waals surface area contributed by atoms with E-state index in [2.05, 4.69) is 10.6 Å². The Bertz CT molecular complexity index is 603. The average Bonchev–Trinajstić information content (AvgIpc) is 3.13. The number of aliphatic hydroxyl groups excluding tert-OH is 1. The van der Waals surface area contributed by atoms with E-state index in [1.165, 1.54) is 6.26 Å². The van der Waals surface area contributed by atoms with Crippen molar-refractivity contribution in [3.05, 3.63) is 47.8 Å². The molecule has 2 rings (SSSR count). The highest BCUT2D eigenvalue weighted by Gasteiger charge is 2.17. The fourth-order valence-corrected chi connectivity index (χ4v) is 1.66. The second kappa shape index (κ2) is 6.76. The fraction of sp³-hybridized carbons (Fsp3) is 0.286. The highest BCUT2D eigenvalue weighted by molar-refractivity contribution is 6.35. The molecule has 2 aromatic heterocycles. The maximum absolute atomic E-state index is 11.5. The van der Waals surface area contributed by atoms with Gasteiger partial charge in [0.2, 0.25) is 0 Å². The van der Waals surface area contributed by atoms with Crippen LogP contribution in [0.5, 0.6) is 0 Å². The molecule has 3 N–H and O–H groups in total. The van der Waals surface area contributed by atoms with Gasteiger partial charge in [-0.25, -0.2) is 0 Å². The summed E-state index contributed by atoms with van der Waals surface area (Å²) in [4.78, 5) is 23.1. The van der Waals surface area contributed by atoms with Gasteiger partial charge in [0.1, 0.15) is 23.4 Å². The van der Waals surface area contributed by atoms with Crippen LogP contribution in [0.15, 0.2) is 39.4 Å². The van der Waals surface area contributed by atoms with Crippen LogP contribution < -0.4 is 10.6 Å². The van der Waals surface area contributed by atoms with Gasteiger partial charge >= 0.3 is 11.8 Å². The molecule has 1 unspecified atom stereocenters. The summed E-state index contributed by atoms with van der Waals surface area (Å²) in [6, 6.07) is 6.68. The molecular formula is C14H16N2O5. The third-order valence-corrected chi connectivity index (χ3v) is 2.76. The van der Waals surface area contributed by atoms with Gasteiger partial charge in [0, 0.05) is 0 Å². The zero-order valence-corrected chi connectivity index (χ0v) is 11.5. The maximum Gasteiger partial charge on any atom is 0.309 e. The van der Waals surface area contributed by atoms with Crippen molar-refractivity contribution in [2.45, 2.75) is 19.6 Å². The lowest BCUT2D eigenvalue weighted by molar-refractivity contribution is -0.139. The third kappa shape index (κ3) is 4.22. The van der Waals surface area contributed by atoms with E-state index in [0.717, 1.165) is 0 Å². The van der Waals surface area contributed by atoms with Gasteiger partial charge in [-0.05, 0) is 31.2 Å². The van der Waals surface area contributed by atoms with Crippen LogP contribution in [-0.2, 0) is 16.1 Å². The summed E-state index contributed by atoms with van der Waals surface area (Å²) in [5, 5.41) is 14.5. The smallest absolute Gasteiger partial charge is 0.309 e. The Labute approximate surface area is 120 Å². The minimum absolute atomic E-state index is 0.111. The number of hydrogen-bond acceptors (Lipinski definition) is 5. The van der Waals surface area contributed by atoms with E-state index >= 15 is 0 Å². The number of nitrogens with one attached hydrogen (secondary N) is 2. The highest BCUT2D eigenvalue weighted by Crippen LogP contribution is 2.14. The van der Waals surface area contributed by atoms with E-state index in [1.807, 2.05) is 0 Å². The largest absolute Gasteiger partial charge is 0.467 e. The highest BCUT2D eigenvalue weighted by atomic mass is 16.4. The maximum atomic E-state index is 11.5. The zero-order valence-electron chi connectivity index (χ0n) is 11.5. The number of carbonyl (C=O) groups excluding carboxylic acids is 2. The van der Waals surface area contributed by atoms with Crippen molar-refractivity contribution in [3.8, 4) is 0 Å². The molecule has 7 nitrogen and oxygen atoms in total. The molecule has 1 atom stereocenters. The van der Waals surface area contributed by atoms with Gasteiger partial charge in [-0.2, -0.15) is 0 Å². The lowest BCUT2D eigenvalue weighted by Crippen LogP contribution is -2.41. The second-order valence-electron chi connectivity index (χ2n) is 4.44. The molecule has 21 heavy (non-hydrogen) atoms. The molecule has 2 amide bonds. The molecule has 0 saturated carbocycles. The van der Waals surface area contributed by atoms with Crippen LogP contribution in [0.3, 0.4) is 0 Å². The van der Waals surface area contributed by atoms with Crippen LogP contribution in [0.1, 0.15) is 23.4 Å². The van der Waals surface area contributed by atoms with Crippen molar-refractivity contribution in [3.63, 3.8) is 0 Å². The molecule has 0 fully saturated rings. The molecule has 112 valence electrons. The van der Waals surface area contributed by atoms with Gasteiger partial charge in [0.05, 0.1) is 19.4 Å². The van der Waals surface area contributed by atoms with Crippen LogP contribution in [0, 0.1) is 6.92 Å². The normalized spacial score (nSPS) is 11.9. The van der Waals surface area contributed by atoms with E-state index in [0.29, 0.717) is 17.3 Å². The van der Waals surface area contributed by atoms with Crippen molar-refractivity contribution in [2.75, 3.05) is 6.54 Å². The minimum Gasteiger partial charge on any atom is -0.467 e. The van der Waals surface area contributed by atoms with E-state index in [4.69, 9.17) is 8.83 Å². The van der Waals surface area contributed by atoms with E-state index < -0.39 is 17.9 Å². The summed E-state index contributed by atoms with van der Waals surface area (Å²) in [6.45, 7) is 1.76. The number of furan rings is 2. The Morgan fingerprint density at radius 2 is 2.00 bits per heavy atom. The number of amides is 2. The molecule has 0 aliphatic carbocycles. The predicted octanol–water partition coefficient (Wildman–Crippen LogP) is 0.647. The van der Waals surface area contributed by atoms with E-state index in [9.17, 15) is 14.7 Å². The van der Waals surface area contributed by atoms with Crippen LogP contribution in [0.25, 0.3) is 0 Å². The molecule has 0 aromatic carbocycles. The number of aliphatic hydroxyl groups is 1. The standard InChI is InChI=1S/C14H16N2O5/c1-9-4-5-12(21-9)11(17)8-16-14(19)13(18)15-7-10-3-2-6-20-10/h2-6,11,17H,7-8H2,1H3,(H,15,18)(H,16,19). The summed E-state index contributed by atoms with van der Waals surface area (Å²) in [5.41, 5.74) is 0. The molecule has 0 aliphatic heterocycles. The predicted molar refractivity (Wildman–Crippen MR) is 72.0 cm³/mol. The summed E-state index contributed by atoms with van der Waals surface area (Å²) >= 11 is 0. The minimum atomic E-state index is -1.000. The molecule has 0 aliphatic rings. The summed E-state index contributed by atoms with van der Waals surface area (Å²) in [7, 11) is 0. The lowest BCUT2D eigenvalue weighted by Gasteiger charge is -2.09. The van der Waals surface area contributed by atoms with Gasteiger partial charge in [0.25, 0.3) is 0 Å². The first-order chi connectivity index (χ1) is 10.1. The van der Waals surface area contributed by atoms with E-state index in [-0.39, 0.29) is 13.1 Å². The number of carbonyl (C=O) groups is 2. The SMILES string of the molecule is Cc1ccc(C(O)CNC(=O)C(=O)NCc2ccco2)o1. The Kier molecular flexibility index (Phi) is 4.78. The van der Waals surface area contributed by atoms with Crippen LogP contribution >= 0.6 is 0 Å². The number of aryl methyl sites for hydroxylation is 1. The van der Waals surface area contributed by atoms with Crippen LogP contribution in [0.2, 0.25) is 0 Å².